The van der Waals surface area contributed by atoms with E-state index >= 15 is 0 Å². The Morgan fingerprint density at radius 2 is 1.00 bits per heavy atom. The van der Waals surface area contributed by atoms with E-state index in [4.69, 9.17) is 10.2 Å². The monoisotopic (exact) mass is 386 g/mol. The number of carbonyl (C=O) groups is 4. The van der Waals surface area contributed by atoms with Gasteiger partial charge in [0.2, 0.25) is 0 Å². The molecule has 0 aliphatic heterocycles. The van der Waals surface area contributed by atoms with E-state index in [1.54, 1.807) is 0 Å². The molecular formula is C12H20Na2O9S. The first-order valence-electron chi connectivity index (χ1n) is 6.59. The Bertz CT molecular complexity index is 414. The van der Waals surface area contributed by atoms with E-state index in [-0.39, 0.29) is 113 Å². The maximum atomic E-state index is 11.2. The number of rotatable bonds is 12. The van der Waals surface area contributed by atoms with E-state index in [2.05, 4.69) is 8.37 Å². The Kier molecular flexibility index (Phi) is 21.4. The summed E-state index contributed by atoms with van der Waals surface area (Å²) in [4.78, 5) is 42.9. The molecule has 0 aliphatic rings. The third-order valence-corrected chi connectivity index (χ3v) is 3.01. The fourth-order valence-corrected chi connectivity index (χ4v) is 1.85. The second kappa shape index (κ2) is 17.8. The van der Waals surface area contributed by atoms with Crippen molar-refractivity contribution in [2.45, 2.75) is 51.4 Å². The van der Waals surface area contributed by atoms with E-state index in [1.165, 1.54) is 0 Å². The largest absolute Gasteiger partial charge is 1.00 e. The van der Waals surface area contributed by atoms with Gasteiger partial charge in [-0.05, 0) is 25.7 Å². The molecule has 9 nitrogen and oxygen atoms in total. The van der Waals surface area contributed by atoms with Crippen LogP contribution < -0.4 is 59.1 Å². The van der Waals surface area contributed by atoms with Crippen molar-refractivity contribution in [2.75, 3.05) is 0 Å². The van der Waals surface area contributed by atoms with Gasteiger partial charge in [-0.2, -0.15) is 4.21 Å². The molecular weight excluding hydrogens is 366 g/mol. The maximum absolute atomic E-state index is 11.2. The van der Waals surface area contributed by atoms with Crippen molar-refractivity contribution in [3.63, 3.8) is 0 Å². The summed E-state index contributed by atoms with van der Waals surface area (Å²) < 4.78 is 19.8. The first kappa shape index (κ1) is 28.8. The van der Waals surface area contributed by atoms with Crippen LogP contribution in [0.3, 0.4) is 0 Å². The van der Waals surface area contributed by atoms with Crippen molar-refractivity contribution in [1.82, 2.24) is 0 Å². The van der Waals surface area contributed by atoms with Crippen molar-refractivity contribution in [3.8, 4) is 0 Å². The molecule has 2 N–H and O–H groups in total. The summed E-state index contributed by atoms with van der Waals surface area (Å²) in [6.45, 7) is 0. The van der Waals surface area contributed by atoms with Crippen LogP contribution in [0, 0.1) is 0 Å². The zero-order valence-electron chi connectivity index (χ0n) is 15.8. The first-order chi connectivity index (χ1) is 10.3. The smallest absolute Gasteiger partial charge is 1.00 e. The van der Waals surface area contributed by atoms with E-state index in [9.17, 15) is 23.4 Å². The van der Waals surface area contributed by atoms with Gasteiger partial charge >= 0.3 is 94.4 Å². The number of carboxylic acid groups (broad SMARTS) is 2. The molecule has 0 rings (SSSR count). The molecule has 12 heteroatoms. The Morgan fingerprint density at radius 3 is 1.29 bits per heavy atom. The SMILES string of the molecule is O=C(O)CCCCC(=O)OS(=O)OC(=O)CCCCC(=O)O.[H-].[H-].[Na+].[Na+]. The van der Waals surface area contributed by atoms with E-state index in [0.717, 1.165) is 0 Å². The number of hydrogen-bond donors (Lipinski definition) is 2. The van der Waals surface area contributed by atoms with Crippen LogP contribution in [0.25, 0.3) is 0 Å². The van der Waals surface area contributed by atoms with Crippen molar-refractivity contribution in [1.29, 1.82) is 0 Å². The van der Waals surface area contributed by atoms with E-state index in [0.29, 0.717) is 0 Å². The normalized spacial score (nSPS) is 9.38. The van der Waals surface area contributed by atoms with Crippen LogP contribution in [-0.4, -0.2) is 38.3 Å². The molecule has 0 unspecified atom stereocenters. The molecule has 0 amide bonds. The Hall–Kier alpha value is 0.0300. The minimum Gasteiger partial charge on any atom is -1.00 e. The van der Waals surface area contributed by atoms with Crippen LogP contribution in [0.1, 0.15) is 54.2 Å². The number of carboxylic acids is 2. The van der Waals surface area contributed by atoms with Crippen LogP contribution in [0.5, 0.6) is 0 Å². The Balaban J connectivity index is -0.000000367. The summed E-state index contributed by atoms with van der Waals surface area (Å²) in [5.74, 6) is -3.67. The zero-order chi connectivity index (χ0) is 17.0. The van der Waals surface area contributed by atoms with Gasteiger partial charge in [-0.3, -0.25) is 19.2 Å². The van der Waals surface area contributed by atoms with Crippen LogP contribution in [0.2, 0.25) is 0 Å². The second-order valence-corrected chi connectivity index (χ2v) is 5.06. The van der Waals surface area contributed by atoms with Gasteiger partial charge in [-0.15, -0.1) is 0 Å². The number of hydrogen-bond acceptors (Lipinski definition) is 7. The Morgan fingerprint density at radius 1 is 0.708 bits per heavy atom. The molecule has 0 aromatic rings. The molecule has 0 aromatic carbocycles. The zero-order valence-corrected chi connectivity index (χ0v) is 18.6. The fraction of sp³-hybridized carbons (Fsp3) is 0.667. The molecule has 0 heterocycles. The van der Waals surface area contributed by atoms with Crippen LogP contribution in [0.4, 0.5) is 0 Å². The summed E-state index contributed by atoms with van der Waals surface area (Å²) >= 11 is -2.54. The summed E-state index contributed by atoms with van der Waals surface area (Å²) in [5, 5.41) is 16.8. The average Bonchev–Trinajstić information content (AvgIpc) is 2.39. The topological polar surface area (TPSA) is 144 Å². The summed E-state index contributed by atoms with van der Waals surface area (Å²) in [5.41, 5.74) is 0. The van der Waals surface area contributed by atoms with Gasteiger partial charge in [0, 0.05) is 25.7 Å². The molecule has 0 atom stereocenters. The first-order valence-corrected chi connectivity index (χ1v) is 7.59. The quantitative estimate of drug-likeness (QED) is 0.249. The van der Waals surface area contributed by atoms with Crippen LogP contribution in [-0.2, 0) is 38.9 Å². The van der Waals surface area contributed by atoms with Gasteiger partial charge in [0.1, 0.15) is 0 Å². The van der Waals surface area contributed by atoms with E-state index < -0.39 is 35.2 Å². The average molecular weight is 386 g/mol. The molecule has 0 aromatic heterocycles. The maximum Gasteiger partial charge on any atom is 1.00 e. The van der Waals surface area contributed by atoms with Gasteiger partial charge < -0.3 is 21.4 Å². The summed E-state index contributed by atoms with van der Waals surface area (Å²) in [6.07, 6.45) is 0.644. The number of aliphatic carboxylic acids is 2. The van der Waals surface area contributed by atoms with Crippen molar-refractivity contribution >= 4 is 35.2 Å². The van der Waals surface area contributed by atoms with Gasteiger partial charge in [-0.25, -0.2) is 0 Å². The second-order valence-electron chi connectivity index (χ2n) is 4.32. The number of carbonyl (C=O) groups excluding carboxylic acids is 2. The van der Waals surface area contributed by atoms with Crippen molar-refractivity contribution < 1.29 is 104 Å². The third-order valence-electron chi connectivity index (χ3n) is 2.37. The van der Waals surface area contributed by atoms with Gasteiger partial charge in [0.05, 0.1) is 0 Å². The number of unbranched alkanes of at least 4 members (excludes halogenated alkanes) is 2. The third kappa shape index (κ3) is 20.1. The standard InChI is InChI=1S/C12H18O9S.2Na.2H/c13-9(14)5-1-3-7-11(17)20-22(19)21-12(18)8-4-2-6-10(15)16;;;;/h1-8H2,(H,13,14)(H,15,16);;;;/q;2*+1;2*-1. The molecule has 0 saturated carbocycles. The van der Waals surface area contributed by atoms with Gasteiger partial charge in [-0.1, -0.05) is 0 Å². The molecule has 0 aliphatic carbocycles. The molecule has 0 spiro atoms. The minimum absolute atomic E-state index is 0. The molecule has 0 radical (unpaired) electrons. The van der Waals surface area contributed by atoms with Crippen LogP contribution in [0.15, 0.2) is 0 Å². The van der Waals surface area contributed by atoms with Crippen LogP contribution >= 0.6 is 0 Å². The molecule has 0 saturated heterocycles. The molecule has 130 valence electrons. The van der Waals surface area contributed by atoms with Crippen molar-refractivity contribution in [3.05, 3.63) is 0 Å². The molecule has 0 fully saturated rings. The predicted molar refractivity (Wildman–Crippen MR) is 74.8 cm³/mol. The summed E-state index contributed by atoms with van der Waals surface area (Å²) in [6, 6.07) is 0. The van der Waals surface area contributed by atoms with E-state index in [1.807, 2.05) is 0 Å². The summed E-state index contributed by atoms with van der Waals surface area (Å²) in [7, 11) is 0. The fourth-order valence-electron chi connectivity index (χ4n) is 1.34. The molecule has 0 bridgehead atoms. The molecule has 24 heavy (non-hydrogen) atoms. The minimum atomic E-state index is -2.54. The van der Waals surface area contributed by atoms with Crippen molar-refractivity contribution in [2.24, 2.45) is 0 Å². The Labute approximate surface area is 189 Å². The van der Waals surface area contributed by atoms with Gasteiger partial charge in [0.15, 0.2) is 0 Å². The van der Waals surface area contributed by atoms with Gasteiger partial charge in [0.25, 0.3) is 0 Å². The predicted octanol–water partition coefficient (Wildman–Crippen LogP) is -4.83.